The lowest BCUT2D eigenvalue weighted by Crippen LogP contribution is -1.85. The van der Waals surface area contributed by atoms with Gasteiger partial charge in [0, 0.05) is 6.42 Å². The van der Waals surface area contributed by atoms with Gasteiger partial charge in [-0.25, -0.2) is 0 Å². The van der Waals surface area contributed by atoms with Gasteiger partial charge in [-0.3, -0.25) is 0 Å². The topological polar surface area (TPSA) is 17.1 Å². The third-order valence-corrected chi connectivity index (χ3v) is 0.862. The van der Waals surface area contributed by atoms with Crippen LogP contribution in [0.4, 0.5) is 0 Å². The number of carbonyl (C=O) groups is 1. The van der Waals surface area contributed by atoms with Crippen LogP contribution in [-0.4, -0.2) is 29.3 Å². The molecule has 0 spiro atoms. The minimum absolute atomic E-state index is 0. The summed E-state index contributed by atoms with van der Waals surface area (Å²) in [5.41, 5.74) is 0. The molecule has 8 heavy (non-hydrogen) atoms. The van der Waals surface area contributed by atoms with E-state index in [1.165, 1.54) is 0 Å². The second kappa shape index (κ2) is 7.44. The average molecular weight is 126 g/mol. The molecule has 0 bridgehead atoms. The third-order valence-electron chi connectivity index (χ3n) is 0.862. The molecule has 0 radical (unpaired) electrons. The molecule has 0 fully saturated rings. The predicted octanol–water partition coefficient (Wildman–Crippen LogP) is 0.705. The van der Waals surface area contributed by atoms with E-state index in [0.717, 1.165) is 19.1 Å². The third kappa shape index (κ3) is 9.66. The first kappa shape index (κ1) is 11.3. The summed E-state index contributed by atoms with van der Waals surface area (Å²) in [5.74, 6) is 0.671. The minimum Gasteiger partial charge on any atom is -0.303 e. The monoisotopic (exact) mass is 126 g/mol. The first-order chi connectivity index (χ1) is 3.27. The van der Waals surface area contributed by atoms with Gasteiger partial charge in [-0.2, -0.15) is 0 Å². The largest absolute Gasteiger partial charge is 0.316 e. The molecule has 0 aliphatic heterocycles. The van der Waals surface area contributed by atoms with Crippen molar-refractivity contribution in [3.63, 3.8) is 0 Å². The van der Waals surface area contributed by atoms with E-state index >= 15 is 0 Å². The lowest BCUT2D eigenvalue weighted by molar-refractivity contribution is -0.108. The predicted molar refractivity (Wildman–Crippen MR) is 38.7 cm³/mol. The van der Waals surface area contributed by atoms with Crippen molar-refractivity contribution >= 4 is 29.3 Å². The van der Waals surface area contributed by atoms with Crippen molar-refractivity contribution in [2.75, 3.05) is 0 Å². The Labute approximate surface area is 67.0 Å². The Morgan fingerprint density at radius 2 is 2.00 bits per heavy atom. The molecule has 0 saturated carbocycles. The van der Waals surface area contributed by atoms with Crippen molar-refractivity contribution in [1.82, 2.24) is 0 Å². The molecule has 0 atom stereocenters. The molecule has 1 nitrogen and oxygen atoms in total. The molecule has 0 heterocycles. The summed E-state index contributed by atoms with van der Waals surface area (Å²) in [6.45, 7) is 4.23. The molecule has 0 N–H and O–H groups in total. The number of aldehydes is 1. The van der Waals surface area contributed by atoms with Gasteiger partial charge in [-0.05, 0) is 12.3 Å². The van der Waals surface area contributed by atoms with Crippen LogP contribution in [0, 0.1) is 5.92 Å². The molecular weight excluding hydrogens is 112 g/mol. The smallest absolute Gasteiger partial charge is 0.303 e. The fraction of sp³-hybridized carbons (Fsp3) is 0.833. The molecule has 0 aromatic heterocycles. The molecule has 0 aliphatic rings. The van der Waals surface area contributed by atoms with Crippen molar-refractivity contribution in [3.05, 3.63) is 0 Å². The van der Waals surface area contributed by atoms with E-state index < -0.39 is 0 Å². The molecule has 0 amide bonds. The van der Waals surface area contributed by atoms with Crippen LogP contribution in [0.3, 0.4) is 0 Å². The number of carbonyl (C=O) groups excluding carboxylic acids is 1. The number of hydrogen-bond donors (Lipinski definition) is 0. The molecule has 0 rings (SSSR count). The Morgan fingerprint density at radius 1 is 1.50 bits per heavy atom. The molecule has 0 aromatic rings. The summed E-state index contributed by atoms with van der Waals surface area (Å²) in [6, 6.07) is 0. The van der Waals surface area contributed by atoms with Crippen LogP contribution in [0.5, 0.6) is 0 Å². The van der Waals surface area contributed by atoms with Gasteiger partial charge in [0.25, 0.3) is 0 Å². The van der Waals surface area contributed by atoms with Crippen LogP contribution in [-0.2, 0) is 4.79 Å². The van der Waals surface area contributed by atoms with Gasteiger partial charge >= 0.3 is 23.1 Å². The van der Waals surface area contributed by atoms with E-state index in [9.17, 15) is 4.79 Å². The maximum absolute atomic E-state index is 9.71. The van der Waals surface area contributed by atoms with Gasteiger partial charge in [0.2, 0.25) is 0 Å². The zero-order valence-corrected chi connectivity index (χ0v) is 4.98. The molecular formula is C6H14MgO. The van der Waals surface area contributed by atoms with Crippen molar-refractivity contribution < 1.29 is 4.79 Å². The lowest BCUT2D eigenvalue weighted by Gasteiger charge is -1.95. The average Bonchev–Trinajstić information content (AvgIpc) is 1.61. The number of hydrogen-bond acceptors (Lipinski definition) is 1. The Morgan fingerprint density at radius 3 is 2.12 bits per heavy atom. The van der Waals surface area contributed by atoms with Gasteiger partial charge in [0.05, 0.1) is 0 Å². The second-order valence-corrected chi connectivity index (χ2v) is 2.14. The Bertz CT molecular complexity index is 52.5. The van der Waals surface area contributed by atoms with E-state index in [1.807, 2.05) is 0 Å². The Balaban J connectivity index is 0. The summed E-state index contributed by atoms with van der Waals surface area (Å²) in [4.78, 5) is 9.71. The second-order valence-electron chi connectivity index (χ2n) is 2.14. The SMILES string of the molecule is CC(C)CCC=O.[MgH2]. The summed E-state index contributed by atoms with van der Waals surface area (Å²) >= 11 is 0. The summed E-state index contributed by atoms with van der Waals surface area (Å²) < 4.78 is 0. The van der Waals surface area contributed by atoms with Crippen molar-refractivity contribution in [3.8, 4) is 0 Å². The van der Waals surface area contributed by atoms with E-state index in [2.05, 4.69) is 13.8 Å². The van der Waals surface area contributed by atoms with Gasteiger partial charge in [-0.15, -0.1) is 0 Å². The van der Waals surface area contributed by atoms with Crippen molar-refractivity contribution in [2.45, 2.75) is 26.7 Å². The fourth-order valence-corrected chi connectivity index (χ4v) is 0.401. The highest BCUT2D eigenvalue weighted by Gasteiger charge is 1.88. The summed E-state index contributed by atoms with van der Waals surface area (Å²) in [5, 5.41) is 0. The van der Waals surface area contributed by atoms with Crippen molar-refractivity contribution in [1.29, 1.82) is 0 Å². The molecule has 0 aromatic carbocycles. The van der Waals surface area contributed by atoms with Gasteiger partial charge in [0.1, 0.15) is 6.29 Å². The first-order valence-electron chi connectivity index (χ1n) is 2.71. The zero-order chi connectivity index (χ0) is 5.70. The zero-order valence-electron chi connectivity index (χ0n) is 4.98. The fourth-order valence-electron chi connectivity index (χ4n) is 0.401. The van der Waals surface area contributed by atoms with E-state index in [4.69, 9.17) is 0 Å². The number of rotatable bonds is 3. The van der Waals surface area contributed by atoms with Gasteiger partial charge in [-0.1, -0.05) is 13.8 Å². The van der Waals surface area contributed by atoms with Gasteiger partial charge in [0.15, 0.2) is 0 Å². The molecule has 0 unspecified atom stereocenters. The standard InChI is InChI=1S/C6H12O.Mg.2H/c1-6(2)4-3-5-7;;;/h5-6H,3-4H2,1-2H3;;;. The lowest BCUT2D eigenvalue weighted by atomic mass is 10.1. The van der Waals surface area contributed by atoms with Crippen LogP contribution >= 0.6 is 0 Å². The molecule has 2 heteroatoms. The normalized spacial score (nSPS) is 8.38. The molecule has 0 aliphatic carbocycles. The minimum atomic E-state index is 0. The van der Waals surface area contributed by atoms with Crippen LogP contribution in [0.1, 0.15) is 26.7 Å². The van der Waals surface area contributed by atoms with Crippen molar-refractivity contribution in [2.24, 2.45) is 5.92 Å². The Hall–Kier alpha value is 0.436. The van der Waals surface area contributed by atoms with Crippen LogP contribution in [0.2, 0.25) is 0 Å². The maximum Gasteiger partial charge on any atom is 0.316 e. The molecule has 0 saturated heterocycles. The highest BCUT2D eigenvalue weighted by molar-refractivity contribution is 5.75. The highest BCUT2D eigenvalue weighted by atomic mass is 24.3. The van der Waals surface area contributed by atoms with Crippen LogP contribution < -0.4 is 0 Å². The first-order valence-corrected chi connectivity index (χ1v) is 2.71. The quantitative estimate of drug-likeness (QED) is 0.402. The summed E-state index contributed by atoms with van der Waals surface area (Å²) in [7, 11) is 0. The summed E-state index contributed by atoms with van der Waals surface area (Å²) in [6.07, 6.45) is 2.72. The highest BCUT2D eigenvalue weighted by Crippen LogP contribution is 1.99. The van der Waals surface area contributed by atoms with Gasteiger partial charge < -0.3 is 4.79 Å². The van der Waals surface area contributed by atoms with E-state index in [1.54, 1.807) is 0 Å². The van der Waals surface area contributed by atoms with Crippen LogP contribution in [0.25, 0.3) is 0 Å². The Kier molecular flexibility index (Phi) is 10.5. The van der Waals surface area contributed by atoms with E-state index in [-0.39, 0.29) is 23.1 Å². The maximum atomic E-state index is 9.71. The van der Waals surface area contributed by atoms with Crippen LogP contribution in [0.15, 0.2) is 0 Å². The molecule has 46 valence electrons. The van der Waals surface area contributed by atoms with E-state index in [0.29, 0.717) is 5.92 Å².